The molecule has 23 heavy (non-hydrogen) atoms. The van der Waals surface area contributed by atoms with Crippen LogP contribution < -0.4 is 0 Å². The number of rotatable bonds is 2. The van der Waals surface area contributed by atoms with Crippen LogP contribution in [0.25, 0.3) is 0 Å². The zero-order chi connectivity index (χ0) is 16.4. The third kappa shape index (κ3) is 2.94. The summed E-state index contributed by atoms with van der Waals surface area (Å²) in [5.41, 5.74) is 1.00. The Morgan fingerprint density at radius 2 is 2.04 bits per heavy atom. The molecule has 6 heteroatoms. The van der Waals surface area contributed by atoms with Gasteiger partial charge in [0.25, 0.3) is 5.91 Å². The smallest absolute Gasteiger partial charge is 0.274 e. The van der Waals surface area contributed by atoms with Gasteiger partial charge < -0.3 is 9.80 Å². The lowest BCUT2D eigenvalue weighted by Gasteiger charge is -2.51. The first-order valence-electron chi connectivity index (χ1n) is 8.44. The molecule has 0 aliphatic carbocycles. The number of hydrogen-bond donors (Lipinski definition) is 0. The predicted molar refractivity (Wildman–Crippen MR) is 85.9 cm³/mol. The van der Waals surface area contributed by atoms with E-state index in [1.165, 1.54) is 0 Å². The van der Waals surface area contributed by atoms with Crippen molar-refractivity contribution in [1.82, 2.24) is 19.8 Å². The predicted octanol–water partition coefficient (Wildman–Crippen LogP) is 1.79. The lowest BCUT2D eigenvalue weighted by atomic mass is 9.79. The summed E-state index contributed by atoms with van der Waals surface area (Å²) in [7, 11) is 0. The average Bonchev–Trinajstić information content (AvgIpc) is 2.55. The number of carbonyl (C=O) groups is 2. The first-order valence-corrected chi connectivity index (χ1v) is 8.44. The summed E-state index contributed by atoms with van der Waals surface area (Å²) in [6.45, 7) is 5.93. The summed E-state index contributed by atoms with van der Waals surface area (Å²) in [6.07, 6.45) is 7.60. The molecule has 6 nitrogen and oxygen atoms in total. The van der Waals surface area contributed by atoms with Crippen LogP contribution in [0.4, 0.5) is 0 Å². The van der Waals surface area contributed by atoms with E-state index in [0.717, 1.165) is 37.9 Å². The van der Waals surface area contributed by atoms with Crippen molar-refractivity contribution in [1.29, 1.82) is 0 Å². The van der Waals surface area contributed by atoms with Gasteiger partial charge in [-0.1, -0.05) is 0 Å². The quantitative estimate of drug-likeness (QED) is 0.834. The van der Waals surface area contributed by atoms with E-state index in [0.29, 0.717) is 25.2 Å². The Bertz CT molecular complexity index is 597. The Balaban J connectivity index is 1.81. The Morgan fingerprint density at radius 3 is 2.74 bits per heavy atom. The number of nitrogens with zero attached hydrogens (tertiary/aromatic N) is 4. The molecule has 0 bridgehead atoms. The number of likely N-dealkylation sites (N-methyl/N-ethyl adjacent to an activating group) is 1. The summed E-state index contributed by atoms with van der Waals surface area (Å²) in [6, 6.07) is 0. The van der Waals surface area contributed by atoms with Gasteiger partial charge in [-0.2, -0.15) is 0 Å². The van der Waals surface area contributed by atoms with Gasteiger partial charge in [-0.15, -0.1) is 0 Å². The van der Waals surface area contributed by atoms with Crippen LogP contribution in [0, 0.1) is 6.92 Å². The van der Waals surface area contributed by atoms with Crippen molar-refractivity contribution in [2.45, 2.75) is 51.5 Å². The number of piperidine rings is 2. The van der Waals surface area contributed by atoms with Gasteiger partial charge in [-0.3, -0.25) is 14.6 Å². The molecule has 124 valence electrons. The molecule has 2 amide bonds. The maximum atomic E-state index is 12.7. The summed E-state index contributed by atoms with van der Waals surface area (Å²) in [5, 5.41) is 0. The highest BCUT2D eigenvalue weighted by Gasteiger charge is 2.45. The molecule has 0 N–H and O–H groups in total. The summed E-state index contributed by atoms with van der Waals surface area (Å²) >= 11 is 0. The number of carbonyl (C=O) groups excluding carboxylic acids is 2. The van der Waals surface area contributed by atoms with Crippen LogP contribution in [-0.4, -0.2) is 56.8 Å². The van der Waals surface area contributed by atoms with E-state index in [-0.39, 0.29) is 17.4 Å². The van der Waals surface area contributed by atoms with Crippen LogP contribution in [0.3, 0.4) is 0 Å². The van der Waals surface area contributed by atoms with Crippen molar-refractivity contribution in [3.63, 3.8) is 0 Å². The number of likely N-dealkylation sites (tertiary alicyclic amines) is 2. The minimum atomic E-state index is -0.184. The van der Waals surface area contributed by atoms with Crippen molar-refractivity contribution in [2.75, 3.05) is 19.6 Å². The van der Waals surface area contributed by atoms with Crippen LogP contribution in [0.5, 0.6) is 0 Å². The van der Waals surface area contributed by atoms with Crippen molar-refractivity contribution in [3.8, 4) is 0 Å². The zero-order valence-electron chi connectivity index (χ0n) is 13.9. The second-order valence-corrected chi connectivity index (χ2v) is 6.59. The van der Waals surface area contributed by atoms with E-state index in [2.05, 4.69) is 9.97 Å². The summed E-state index contributed by atoms with van der Waals surface area (Å²) in [5.74, 6) is 0.147. The van der Waals surface area contributed by atoms with Gasteiger partial charge in [-0.05, 0) is 39.5 Å². The second-order valence-electron chi connectivity index (χ2n) is 6.59. The maximum absolute atomic E-state index is 12.7. The van der Waals surface area contributed by atoms with Gasteiger partial charge in [0.15, 0.2) is 0 Å². The van der Waals surface area contributed by atoms with Crippen LogP contribution in [0.15, 0.2) is 12.4 Å². The van der Waals surface area contributed by atoms with Crippen LogP contribution >= 0.6 is 0 Å². The van der Waals surface area contributed by atoms with Crippen LogP contribution in [-0.2, 0) is 4.79 Å². The van der Waals surface area contributed by atoms with Crippen molar-refractivity contribution < 1.29 is 9.59 Å². The Labute approximate surface area is 136 Å². The molecule has 3 heterocycles. The van der Waals surface area contributed by atoms with Crippen molar-refractivity contribution in [2.24, 2.45) is 0 Å². The van der Waals surface area contributed by atoms with E-state index >= 15 is 0 Å². The maximum Gasteiger partial charge on any atom is 0.274 e. The van der Waals surface area contributed by atoms with Crippen molar-refractivity contribution >= 4 is 11.8 Å². The van der Waals surface area contributed by atoms with Gasteiger partial charge in [0.1, 0.15) is 5.69 Å². The van der Waals surface area contributed by atoms with Gasteiger partial charge in [0.05, 0.1) is 17.4 Å². The molecule has 1 atom stereocenters. The monoisotopic (exact) mass is 316 g/mol. The highest BCUT2D eigenvalue weighted by molar-refractivity contribution is 5.92. The van der Waals surface area contributed by atoms with E-state index in [4.69, 9.17) is 0 Å². The lowest BCUT2D eigenvalue weighted by molar-refractivity contribution is -0.144. The lowest BCUT2D eigenvalue weighted by Crippen LogP contribution is -2.63. The van der Waals surface area contributed by atoms with Crippen LogP contribution in [0.1, 0.15) is 55.2 Å². The number of amides is 2. The van der Waals surface area contributed by atoms with E-state index in [9.17, 15) is 9.59 Å². The second kappa shape index (κ2) is 6.26. The first kappa shape index (κ1) is 15.9. The highest BCUT2D eigenvalue weighted by Crippen LogP contribution is 2.36. The van der Waals surface area contributed by atoms with Gasteiger partial charge >= 0.3 is 0 Å². The van der Waals surface area contributed by atoms with Gasteiger partial charge in [-0.25, -0.2) is 4.98 Å². The minimum Gasteiger partial charge on any atom is -0.336 e. The van der Waals surface area contributed by atoms with E-state index < -0.39 is 0 Å². The molecule has 2 saturated heterocycles. The molecular weight excluding hydrogens is 292 g/mol. The number of hydrogen-bond acceptors (Lipinski definition) is 4. The fraction of sp³-hybridized carbons (Fsp3) is 0.647. The van der Waals surface area contributed by atoms with Gasteiger partial charge in [0.2, 0.25) is 5.91 Å². The summed E-state index contributed by atoms with van der Waals surface area (Å²) < 4.78 is 0. The molecule has 1 aromatic rings. The van der Waals surface area contributed by atoms with Gasteiger partial charge in [0, 0.05) is 32.3 Å². The highest BCUT2D eigenvalue weighted by atomic mass is 16.2. The molecule has 0 radical (unpaired) electrons. The molecule has 2 aliphatic heterocycles. The number of aromatic nitrogens is 2. The largest absolute Gasteiger partial charge is 0.336 e. The molecule has 3 rings (SSSR count). The molecule has 0 aromatic carbocycles. The molecule has 1 aromatic heterocycles. The molecule has 1 spiro atoms. The molecule has 1 unspecified atom stereocenters. The SMILES string of the molecule is CCN1C(=O)CCCC12CCCN(C(=O)c1cnc(C)cn1)C2. The molecule has 2 aliphatic rings. The summed E-state index contributed by atoms with van der Waals surface area (Å²) in [4.78, 5) is 37.2. The Hall–Kier alpha value is -1.98. The average molecular weight is 316 g/mol. The standard InChI is InChI=1S/C17H24N4O2/c1-3-21-15(22)6-4-7-17(21)8-5-9-20(12-17)16(23)14-11-18-13(2)10-19-14/h10-11H,3-9,12H2,1-2H3. The van der Waals surface area contributed by atoms with E-state index in [1.54, 1.807) is 12.4 Å². The van der Waals surface area contributed by atoms with Crippen molar-refractivity contribution in [3.05, 3.63) is 23.8 Å². The minimum absolute atomic E-state index is 0.0781. The number of aryl methyl sites for hydroxylation is 1. The topological polar surface area (TPSA) is 66.4 Å². The Kier molecular flexibility index (Phi) is 4.33. The first-order chi connectivity index (χ1) is 11.1. The fourth-order valence-electron chi connectivity index (χ4n) is 3.99. The molecule has 0 saturated carbocycles. The van der Waals surface area contributed by atoms with E-state index in [1.807, 2.05) is 23.6 Å². The third-order valence-corrected chi connectivity index (χ3v) is 5.07. The van der Waals surface area contributed by atoms with Crippen LogP contribution in [0.2, 0.25) is 0 Å². The Morgan fingerprint density at radius 1 is 1.26 bits per heavy atom. The fourth-order valence-corrected chi connectivity index (χ4v) is 3.99. The zero-order valence-corrected chi connectivity index (χ0v) is 13.9. The normalized spacial score (nSPS) is 25.0. The molecular formula is C17H24N4O2. The third-order valence-electron chi connectivity index (χ3n) is 5.07. The molecule has 2 fully saturated rings.